The number of amides is 1. The number of benzene rings is 2. The van der Waals surface area contributed by atoms with Crippen molar-refractivity contribution in [1.29, 1.82) is 0 Å². The van der Waals surface area contributed by atoms with Crippen molar-refractivity contribution in [1.82, 2.24) is 10.6 Å². The average molecular weight is 564 g/mol. The topological polar surface area (TPSA) is 84.0 Å². The van der Waals surface area contributed by atoms with E-state index in [1.807, 2.05) is 38.1 Å². The van der Waals surface area contributed by atoms with Gasteiger partial charge in [-0.1, -0.05) is 24.1 Å². The van der Waals surface area contributed by atoms with Crippen LogP contribution in [0.25, 0.3) is 0 Å². The largest absolute Gasteiger partial charge is 0.493 e. The van der Waals surface area contributed by atoms with Gasteiger partial charge in [0.15, 0.2) is 5.96 Å². The minimum Gasteiger partial charge on any atom is -0.493 e. The first-order chi connectivity index (χ1) is 15.5. The summed E-state index contributed by atoms with van der Waals surface area (Å²) in [6.45, 7) is 6.39. The molecule has 2 aromatic rings. The van der Waals surface area contributed by atoms with Crippen LogP contribution in [0.5, 0.6) is 5.75 Å². The summed E-state index contributed by atoms with van der Waals surface area (Å²) in [7, 11) is 1.68. The van der Waals surface area contributed by atoms with Gasteiger partial charge < -0.3 is 25.4 Å². The fourth-order valence-electron chi connectivity index (χ4n) is 2.87. The number of nitrogens with zero attached hydrogens (tertiary/aromatic N) is 1. The number of guanidine groups is 1. The second kappa shape index (κ2) is 15.9. The van der Waals surface area contributed by atoms with E-state index in [2.05, 4.69) is 26.9 Å². The number of aryl methyl sites for hydroxylation is 1. The Morgan fingerprint density at radius 3 is 2.70 bits per heavy atom. The van der Waals surface area contributed by atoms with Gasteiger partial charge in [-0.3, -0.25) is 4.79 Å². The molecule has 0 atom stereocenters. The molecule has 0 aromatic heterocycles. The van der Waals surface area contributed by atoms with E-state index in [4.69, 9.17) is 15.9 Å². The van der Waals surface area contributed by atoms with Gasteiger partial charge in [0.25, 0.3) is 0 Å². The van der Waals surface area contributed by atoms with E-state index >= 15 is 0 Å². The molecule has 0 aliphatic rings. The van der Waals surface area contributed by atoms with Gasteiger partial charge in [-0.2, -0.15) is 0 Å². The number of carbonyl (C=O) groups excluding carboxylic acids is 1. The molecule has 0 bridgehead atoms. The maximum absolute atomic E-state index is 12.3. The summed E-state index contributed by atoms with van der Waals surface area (Å²) < 4.78 is 11.0. The molecule has 0 aliphatic heterocycles. The molecule has 0 radical (unpaired) electrons. The predicted molar refractivity (Wildman–Crippen MR) is 144 cm³/mol. The molecule has 2 rings (SSSR count). The van der Waals surface area contributed by atoms with Crippen molar-refractivity contribution in [2.45, 2.75) is 26.8 Å². The Balaban J connectivity index is 0.00000544. The number of aliphatic imine (C=N–C) groups is 1. The number of anilines is 1. The van der Waals surface area contributed by atoms with Gasteiger partial charge in [-0.15, -0.1) is 30.4 Å². The molecule has 7 nitrogen and oxygen atoms in total. The van der Waals surface area contributed by atoms with Crippen LogP contribution in [0.3, 0.4) is 0 Å². The highest BCUT2D eigenvalue weighted by Crippen LogP contribution is 2.21. The summed E-state index contributed by atoms with van der Waals surface area (Å²) >= 11 is 0. The van der Waals surface area contributed by atoms with Crippen molar-refractivity contribution < 1.29 is 14.3 Å². The third-order valence-electron chi connectivity index (χ3n) is 4.45. The zero-order valence-corrected chi connectivity index (χ0v) is 21.8. The lowest BCUT2D eigenvalue weighted by molar-refractivity contribution is -0.115. The number of carbonyl (C=O) groups is 1. The van der Waals surface area contributed by atoms with E-state index in [0.29, 0.717) is 43.5 Å². The lowest BCUT2D eigenvalue weighted by Gasteiger charge is -2.14. The smallest absolute Gasteiger partial charge is 0.243 e. The van der Waals surface area contributed by atoms with E-state index in [1.165, 1.54) is 0 Å². The van der Waals surface area contributed by atoms with Crippen molar-refractivity contribution in [3.63, 3.8) is 0 Å². The van der Waals surface area contributed by atoms with Gasteiger partial charge in [0.05, 0.1) is 19.7 Å². The first-order valence-corrected chi connectivity index (χ1v) is 10.7. The van der Waals surface area contributed by atoms with E-state index in [1.54, 1.807) is 25.3 Å². The van der Waals surface area contributed by atoms with Gasteiger partial charge >= 0.3 is 0 Å². The van der Waals surface area contributed by atoms with E-state index in [0.717, 1.165) is 23.3 Å². The number of rotatable bonds is 11. The van der Waals surface area contributed by atoms with Crippen LogP contribution < -0.4 is 20.7 Å². The van der Waals surface area contributed by atoms with E-state index < -0.39 is 0 Å². The summed E-state index contributed by atoms with van der Waals surface area (Å²) in [5.41, 5.74) is 3.46. The maximum Gasteiger partial charge on any atom is 0.243 e. The molecule has 0 unspecified atom stereocenters. The molecule has 0 heterocycles. The van der Waals surface area contributed by atoms with Gasteiger partial charge in [0.2, 0.25) is 5.91 Å². The zero-order chi connectivity index (χ0) is 23.2. The first kappa shape index (κ1) is 28.3. The summed E-state index contributed by atoms with van der Waals surface area (Å²) in [5.74, 6) is 3.72. The highest BCUT2D eigenvalue weighted by Gasteiger charge is 2.07. The quantitative estimate of drug-likeness (QED) is 0.128. The molecule has 0 aliphatic carbocycles. The normalized spacial score (nSPS) is 10.5. The van der Waals surface area contributed by atoms with Gasteiger partial charge in [0, 0.05) is 43.5 Å². The molecule has 0 saturated heterocycles. The summed E-state index contributed by atoms with van der Waals surface area (Å²) in [6, 6.07) is 13.2. The lowest BCUT2D eigenvalue weighted by Crippen LogP contribution is -2.41. The lowest BCUT2D eigenvalue weighted by atomic mass is 10.1. The maximum atomic E-state index is 12.3. The molecular formula is C25H33IN4O3. The van der Waals surface area contributed by atoms with Crippen molar-refractivity contribution >= 4 is 41.5 Å². The second-order valence-electron chi connectivity index (χ2n) is 7.13. The standard InChI is InChI=1S/C25H32N4O3.HI/c1-5-20-9-7-10-22(16-20)29-24(30)18-28-25(26-6-2)27-17-21-12-11-19(3)15-23(21)32-14-8-13-31-4;/h1,7,9-12,15-16H,6,8,13-14,17-18H2,2-4H3,(H,29,30)(H2,26,27,28);1H. The third-order valence-corrected chi connectivity index (χ3v) is 4.45. The Kier molecular flexibility index (Phi) is 13.7. The molecule has 1 amide bonds. The Morgan fingerprint density at radius 1 is 1.15 bits per heavy atom. The van der Waals surface area contributed by atoms with Crippen LogP contribution in [0.2, 0.25) is 0 Å². The molecular weight excluding hydrogens is 531 g/mol. The number of halogens is 1. The number of ether oxygens (including phenoxy) is 2. The van der Waals surface area contributed by atoms with E-state index in [-0.39, 0.29) is 36.4 Å². The molecule has 0 spiro atoms. The van der Waals surface area contributed by atoms with Crippen LogP contribution in [0.4, 0.5) is 5.69 Å². The summed E-state index contributed by atoms with van der Waals surface area (Å²) in [4.78, 5) is 16.9. The fourth-order valence-corrected chi connectivity index (χ4v) is 2.87. The first-order valence-electron chi connectivity index (χ1n) is 10.7. The zero-order valence-electron chi connectivity index (χ0n) is 19.4. The minimum atomic E-state index is -0.192. The molecule has 178 valence electrons. The Bertz CT molecular complexity index is 957. The van der Waals surface area contributed by atoms with Crippen molar-refractivity contribution in [2.24, 2.45) is 4.99 Å². The Hall–Kier alpha value is -2.77. The number of methoxy groups -OCH3 is 1. The summed E-state index contributed by atoms with van der Waals surface area (Å²) in [6.07, 6.45) is 6.22. The van der Waals surface area contributed by atoms with Crippen LogP contribution in [0, 0.1) is 19.3 Å². The van der Waals surface area contributed by atoms with Crippen molar-refractivity contribution in [3.8, 4) is 18.1 Å². The predicted octanol–water partition coefficient (Wildman–Crippen LogP) is 3.70. The van der Waals surface area contributed by atoms with Crippen molar-refractivity contribution in [2.75, 3.05) is 38.7 Å². The molecule has 0 saturated carbocycles. The van der Waals surface area contributed by atoms with Crippen LogP contribution in [0.15, 0.2) is 47.5 Å². The van der Waals surface area contributed by atoms with Gasteiger partial charge in [-0.05, 0) is 43.7 Å². The van der Waals surface area contributed by atoms with Gasteiger partial charge in [0.1, 0.15) is 5.75 Å². The number of terminal acetylenes is 1. The molecule has 3 N–H and O–H groups in total. The van der Waals surface area contributed by atoms with Crippen molar-refractivity contribution in [3.05, 3.63) is 59.2 Å². The SMILES string of the molecule is C#Cc1cccc(NC(=O)CNC(=NCc2ccc(C)cc2OCCCOC)NCC)c1.I. The van der Waals surface area contributed by atoms with Crippen LogP contribution >= 0.6 is 24.0 Å². The molecule has 8 heteroatoms. The number of nitrogens with one attached hydrogen (secondary N) is 3. The highest BCUT2D eigenvalue weighted by molar-refractivity contribution is 14.0. The Labute approximate surface area is 213 Å². The molecule has 0 fully saturated rings. The van der Waals surface area contributed by atoms with Gasteiger partial charge in [-0.25, -0.2) is 4.99 Å². The molecule has 33 heavy (non-hydrogen) atoms. The second-order valence-corrected chi connectivity index (χ2v) is 7.13. The van der Waals surface area contributed by atoms with Crippen LogP contribution in [-0.2, 0) is 16.1 Å². The minimum absolute atomic E-state index is 0. The Morgan fingerprint density at radius 2 is 1.97 bits per heavy atom. The summed E-state index contributed by atoms with van der Waals surface area (Å²) in [5, 5.41) is 9.04. The average Bonchev–Trinajstić information content (AvgIpc) is 2.79. The monoisotopic (exact) mass is 564 g/mol. The van der Waals surface area contributed by atoms with E-state index in [9.17, 15) is 4.79 Å². The fraction of sp³-hybridized carbons (Fsp3) is 0.360. The number of hydrogen-bond acceptors (Lipinski definition) is 4. The molecule has 2 aromatic carbocycles. The third kappa shape index (κ3) is 10.6. The van der Waals surface area contributed by atoms with Crippen LogP contribution in [-0.4, -0.2) is 45.3 Å². The number of hydrogen-bond donors (Lipinski definition) is 3. The highest BCUT2D eigenvalue weighted by atomic mass is 127. The van der Waals surface area contributed by atoms with Crippen LogP contribution in [0.1, 0.15) is 30.0 Å².